The van der Waals surface area contributed by atoms with Gasteiger partial charge < -0.3 is 21.6 Å². The normalized spacial score (nSPS) is 11.1. The van der Waals surface area contributed by atoms with Crippen LogP contribution in [-0.4, -0.2) is 40.4 Å². The van der Waals surface area contributed by atoms with Crippen LogP contribution in [0.25, 0.3) is 0 Å². The molecule has 0 aromatic carbocycles. The number of rotatable bonds is 5. The zero-order chi connectivity index (χ0) is 12.8. The summed E-state index contributed by atoms with van der Waals surface area (Å²) in [4.78, 5) is 32.2. The molecule has 0 atom stereocenters. The van der Waals surface area contributed by atoms with E-state index in [0.29, 0.717) is 0 Å². The first kappa shape index (κ1) is 14.0. The highest BCUT2D eigenvalue weighted by atomic mass is 28.2. The number of amides is 6. The van der Waals surface area contributed by atoms with Crippen molar-refractivity contribution in [1.82, 2.24) is 16.0 Å². The number of urea groups is 3. The average molecular weight is 250 g/mol. The topological polar surface area (TPSA) is 175 Å². The molecule has 0 rings (SSSR count). The fourth-order valence-electron chi connectivity index (χ4n) is 1.05. The Morgan fingerprint density at radius 1 is 1.00 bits per heavy atom. The molecule has 11 heteroatoms. The van der Waals surface area contributed by atoms with Gasteiger partial charge in [-0.25, -0.2) is 14.4 Å². The van der Waals surface area contributed by atoms with E-state index in [1.165, 1.54) is 7.11 Å². The molecule has 0 radical (unpaired) electrons. The van der Waals surface area contributed by atoms with E-state index in [0.717, 1.165) is 0 Å². The summed E-state index contributed by atoms with van der Waals surface area (Å²) >= 11 is 0. The summed E-state index contributed by atoms with van der Waals surface area (Å²) in [6.07, 6.45) is 0. The summed E-state index contributed by atoms with van der Waals surface area (Å²) in [5.74, 6) is 0. The second-order valence-corrected chi connectivity index (χ2v) is 4.73. The fraction of sp³-hybridized carbons (Fsp3) is 0.400. The van der Waals surface area contributed by atoms with Crippen LogP contribution in [0.4, 0.5) is 14.4 Å². The lowest BCUT2D eigenvalue weighted by atomic mass is 10.7. The van der Waals surface area contributed by atoms with E-state index < -0.39 is 33.3 Å². The molecule has 0 unspecified atom stereocenters. The Hall–Kier alpha value is -2.01. The molecule has 9 N–H and O–H groups in total. The zero-order valence-electron chi connectivity index (χ0n) is 8.57. The van der Waals surface area contributed by atoms with Crippen molar-refractivity contribution in [2.45, 2.75) is 5.41 Å². The smallest absolute Gasteiger partial charge is 0.315 e. The van der Waals surface area contributed by atoms with Crippen LogP contribution >= 0.6 is 0 Å². The highest BCUT2D eigenvalue weighted by Crippen LogP contribution is 1.93. The summed E-state index contributed by atoms with van der Waals surface area (Å²) in [6, 6.07) is -2.94. The standard InChI is InChI=1S/C5H14N6O4Si/c1-15-16-5(9-2(6)12,10-3(7)13)11-4(8)14/h16H2,1H3,(H3,6,9,12)(H3,7,10,13)(H3,8,11,14). The molecule has 0 aromatic heterocycles. The molecule has 10 nitrogen and oxygen atoms in total. The molecule has 0 saturated heterocycles. The summed E-state index contributed by atoms with van der Waals surface area (Å²) in [7, 11) is -0.307. The van der Waals surface area contributed by atoms with Crippen molar-refractivity contribution in [2.75, 3.05) is 7.11 Å². The van der Waals surface area contributed by atoms with Gasteiger partial charge in [-0.2, -0.15) is 0 Å². The minimum absolute atomic E-state index is 0.980. The number of nitrogens with two attached hydrogens (primary N) is 3. The minimum atomic E-state index is -1.64. The second kappa shape index (κ2) is 5.77. The number of hydrogen-bond donors (Lipinski definition) is 6. The Bertz CT molecular complexity index is 256. The predicted molar refractivity (Wildman–Crippen MR) is 56.4 cm³/mol. The van der Waals surface area contributed by atoms with Gasteiger partial charge >= 0.3 is 18.1 Å². The number of nitrogens with one attached hydrogen (secondary N) is 3. The second-order valence-electron chi connectivity index (χ2n) is 2.81. The van der Waals surface area contributed by atoms with Crippen molar-refractivity contribution in [3.63, 3.8) is 0 Å². The molecule has 0 spiro atoms. The summed E-state index contributed by atoms with van der Waals surface area (Å²) < 4.78 is 4.84. The lowest BCUT2D eigenvalue weighted by Gasteiger charge is -2.33. The first-order chi connectivity index (χ1) is 7.31. The van der Waals surface area contributed by atoms with Gasteiger partial charge in [0.1, 0.15) is 0 Å². The van der Waals surface area contributed by atoms with E-state index in [-0.39, 0.29) is 0 Å². The fourth-order valence-corrected chi connectivity index (χ4v) is 2.22. The monoisotopic (exact) mass is 250 g/mol. The first-order valence-electron chi connectivity index (χ1n) is 4.03. The van der Waals surface area contributed by atoms with Crippen LogP contribution < -0.4 is 33.2 Å². The van der Waals surface area contributed by atoms with Gasteiger partial charge in [0.2, 0.25) is 9.76 Å². The maximum atomic E-state index is 10.7. The summed E-state index contributed by atoms with van der Waals surface area (Å²) in [6.45, 7) is 0. The van der Waals surface area contributed by atoms with Crippen molar-refractivity contribution in [3.8, 4) is 0 Å². The van der Waals surface area contributed by atoms with E-state index in [1.54, 1.807) is 0 Å². The first-order valence-corrected chi connectivity index (χ1v) is 5.31. The Morgan fingerprint density at radius 3 is 1.50 bits per heavy atom. The van der Waals surface area contributed by atoms with Gasteiger partial charge in [0, 0.05) is 7.11 Å². The molecule has 0 aliphatic carbocycles. The zero-order valence-corrected chi connectivity index (χ0v) is 9.99. The summed E-state index contributed by atoms with van der Waals surface area (Å²) in [5.41, 5.74) is 13.0. The molecule has 0 bridgehead atoms. The van der Waals surface area contributed by atoms with Gasteiger partial charge in [-0.15, -0.1) is 0 Å². The van der Waals surface area contributed by atoms with E-state index in [1.807, 2.05) is 0 Å². The Kier molecular flexibility index (Phi) is 5.04. The van der Waals surface area contributed by atoms with Gasteiger partial charge in [-0.05, 0) is 0 Å². The number of hydrogen-bond acceptors (Lipinski definition) is 4. The molecular formula is C5H14N6O4Si. The average Bonchev–Trinajstić information content (AvgIpc) is 1.98. The Balaban J connectivity index is 4.93. The largest absolute Gasteiger partial charge is 0.420 e. The Morgan fingerprint density at radius 2 is 1.31 bits per heavy atom. The van der Waals surface area contributed by atoms with Gasteiger partial charge in [-0.1, -0.05) is 0 Å². The SMILES string of the molecule is CO[SiH2]C(NC(N)=O)(NC(N)=O)NC(N)=O. The van der Waals surface area contributed by atoms with Crippen LogP contribution in [0.2, 0.25) is 0 Å². The summed E-state index contributed by atoms with van der Waals surface area (Å²) in [5, 5.41) is 6.33. The third-order valence-electron chi connectivity index (χ3n) is 1.37. The maximum Gasteiger partial charge on any atom is 0.315 e. The molecule has 0 heterocycles. The van der Waals surface area contributed by atoms with Crippen LogP contribution in [0.1, 0.15) is 0 Å². The third kappa shape index (κ3) is 5.01. The molecule has 0 saturated carbocycles. The number of primary amides is 3. The van der Waals surface area contributed by atoms with Crippen LogP contribution in [0.15, 0.2) is 0 Å². The van der Waals surface area contributed by atoms with E-state index in [9.17, 15) is 14.4 Å². The lowest BCUT2D eigenvalue weighted by molar-refractivity contribution is 0.208. The van der Waals surface area contributed by atoms with Crippen LogP contribution in [0.5, 0.6) is 0 Å². The van der Waals surface area contributed by atoms with E-state index in [4.69, 9.17) is 21.6 Å². The molecule has 6 amide bonds. The molecule has 16 heavy (non-hydrogen) atoms. The molecule has 0 aliphatic rings. The quantitative estimate of drug-likeness (QED) is 0.218. The maximum absolute atomic E-state index is 10.7. The Labute approximate surface area is 93.2 Å². The van der Waals surface area contributed by atoms with E-state index in [2.05, 4.69) is 16.0 Å². The molecule has 0 aliphatic heterocycles. The van der Waals surface area contributed by atoms with Gasteiger partial charge in [-0.3, -0.25) is 16.0 Å². The third-order valence-corrected chi connectivity index (χ3v) is 2.62. The predicted octanol–water partition coefficient (Wildman–Crippen LogP) is -3.67. The molecule has 0 fully saturated rings. The molecular weight excluding hydrogens is 236 g/mol. The molecule has 0 aromatic rings. The molecule has 92 valence electrons. The lowest BCUT2D eigenvalue weighted by Crippen LogP contribution is -2.75. The van der Waals surface area contributed by atoms with Crippen molar-refractivity contribution in [2.24, 2.45) is 17.2 Å². The number of carbonyl (C=O) groups is 3. The van der Waals surface area contributed by atoms with Crippen molar-refractivity contribution in [3.05, 3.63) is 0 Å². The van der Waals surface area contributed by atoms with Crippen molar-refractivity contribution < 1.29 is 18.8 Å². The van der Waals surface area contributed by atoms with Crippen molar-refractivity contribution >= 4 is 27.9 Å². The van der Waals surface area contributed by atoms with Crippen LogP contribution in [0, 0.1) is 0 Å². The van der Waals surface area contributed by atoms with Crippen LogP contribution in [0.3, 0.4) is 0 Å². The minimum Gasteiger partial charge on any atom is -0.420 e. The van der Waals surface area contributed by atoms with Crippen molar-refractivity contribution in [1.29, 1.82) is 0 Å². The number of carbonyl (C=O) groups excluding carboxylic acids is 3. The highest BCUT2D eigenvalue weighted by Gasteiger charge is 2.34. The highest BCUT2D eigenvalue weighted by molar-refractivity contribution is 6.34. The van der Waals surface area contributed by atoms with Gasteiger partial charge in [0.15, 0.2) is 5.41 Å². The van der Waals surface area contributed by atoms with E-state index >= 15 is 0 Å². The van der Waals surface area contributed by atoms with Crippen LogP contribution in [-0.2, 0) is 4.43 Å². The van der Waals surface area contributed by atoms with Gasteiger partial charge in [0.25, 0.3) is 0 Å². The van der Waals surface area contributed by atoms with Gasteiger partial charge in [0.05, 0.1) is 0 Å².